The van der Waals surface area contributed by atoms with Gasteiger partial charge in [-0.25, -0.2) is 8.42 Å². The normalized spacial score (nSPS) is 11.9. The van der Waals surface area contributed by atoms with Crippen molar-refractivity contribution in [1.82, 2.24) is 10.0 Å². The van der Waals surface area contributed by atoms with E-state index in [1.165, 1.54) is 46.6 Å². The highest BCUT2D eigenvalue weighted by Gasteiger charge is 2.27. The van der Waals surface area contributed by atoms with Gasteiger partial charge in [0.25, 0.3) is 0 Å². The molecule has 192 valence electrons. The maximum Gasteiger partial charge on any atom is 0.241 e. The molecule has 0 spiro atoms. The molecule has 3 rings (SSSR count). The van der Waals surface area contributed by atoms with Crippen molar-refractivity contribution in [3.8, 4) is 23.0 Å². The lowest BCUT2D eigenvalue weighted by Gasteiger charge is -2.19. The molecule has 0 fully saturated rings. The molecule has 0 aromatic heterocycles. The van der Waals surface area contributed by atoms with E-state index in [0.29, 0.717) is 17.2 Å². The van der Waals surface area contributed by atoms with Gasteiger partial charge < -0.3 is 24.3 Å². The van der Waals surface area contributed by atoms with Gasteiger partial charge in [-0.05, 0) is 41.8 Å². The summed E-state index contributed by atoms with van der Waals surface area (Å²) in [6, 6.07) is 17.6. The number of nitrogens with one attached hydrogen (secondary N) is 2. The fourth-order valence-corrected chi connectivity index (χ4v) is 4.79. The molecular formula is C26H30N2O7S. The number of carbonyl (C=O) groups is 1. The highest BCUT2D eigenvalue weighted by atomic mass is 32.2. The van der Waals surface area contributed by atoms with Crippen molar-refractivity contribution >= 4 is 15.9 Å². The Morgan fingerprint density at radius 1 is 0.750 bits per heavy atom. The molecule has 0 bridgehead atoms. The molecule has 0 radical (unpaired) electrons. The SMILES string of the molecule is COc1ccc(CNC(=O)[C@H](Cc2ccccc2)NS(=O)(=O)c2ccc(OC)c(OC)c2)cc1OC. The first kappa shape index (κ1) is 26.8. The van der Waals surface area contributed by atoms with E-state index in [4.69, 9.17) is 18.9 Å². The summed E-state index contributed by atoms with van der Waals surface area (Å²) in [5, 5.41) is 2.82. The van der Waals surface area contributed by atoms with Gasteiger partial charge in [0.15, 0.2) is 23.0 Å². The number of hydrogen-bond donors (Lipinski definition) is 2. The van der Waals surface area contributed by atoms with E-state index in [0.717, 1.165) is 11.1 Å². The molecule has 1 atom stereocenters. The van der Waals surface area contributed by atoms with Crippen molar-refractivity contribution in [2.24, 2.45) is 0 Å². The zero-order valence-electron chi connectivity index (χ0n) is 20.6. The smallest absolute Gasteiger partial charge is 0.241 e. The van der Waals surface area contributed by atoms with Crippen molar-refractivity contribution in [1.29, 1.82) is 0 Å². The highest BCUT2D eigenvalue weighted by molar-refractivity contribution is 7.89. The van der Waals surface area contributed by atoms with Crippen LogP contribution in [0.5, 0.6) is 23.0 Å². The first-order valence-corrected chi connectivity index (χ1v) is 12.6. The lowest BCUT2D eigenvalue weighted by Crippen LogP contribution is -2.47. The van der Waals surface area contributed by atoms with Crippen LogP contribution in [0.15, 0.2) is 71.6 Å². The Hall–Kier alpha value is -3.76. The molecule has 0 aliphatic carbocycles. The van der Waals surface area contributed by atoms with E-state index in [-0.39, 0.29) is 23.6 Å². The number of carbonyl (C=O) groups excluding carboxylic acids is 1. The van der Waals surface area contributed by atoms with Gasteiger partial charge >= 0.3 is 0 Å². The van der Waals surface area contributed by atoms with Gasteiger partial charge in [-0.1, -0.05) is 36.4 Å². The van der Waals surface area contributed by atoms with E-state index in [9.17, 15) is 13.2 Å². The van der Waals surface area contributed by atoms with Gasteiger partial charge in [0.1, 0.15) is 6.04 Å². The van der Waals surface area contributed by atoms with Crippen molar-refractivity contribution in [2.45, 2.75) is 23.9 Å². The Morgan fingerprint density at radius 2 is 1.33 bits per heavy atom. The molecule has 1 amide bonds. The minimum Gasteiger partial charge on any atom is -0.493 e. The quantitative estimate of drug-likeness (QED) is 0.382. The number of hydrogen-bond acceptors (Lipinski definition) is 7. The van der Waals surface area contributed by atoms with Crippen molar-refractivity contribution in [3.63, 3.8) is 0 Å². The van der Waals surface area contributed by atoms with Gasteiger partial charge in [0, 0.05) is 12.6 Å². The largest absolute Gasteiger partial charge is 0.493 e. The number of amides is 1. The first-order chi connectivity index (χ1) is 17.3. The summed E-state index contributed by atoms with van der Waals surface area (Å²) in [6.45, 7) is 0.169. The van der Waals surface area contributed by atoms with Crippen LogP contribution in [0.1, 0.15) is 11.1 Å². The molecule has 0 aliphatic rings. The fourth-order valence-electron chi connectivity index (χ4n) is 3.58. The van der Waals surface area contributed by atoms with Crippen molar-refractivity contribution < 1.29 is 32.2 Å². The monoisotopic (exact) mass is 514 g/mol. The molecule has 0 saturated carbocycles. The number of rotatable bonds is 12. The highest BCUT2D eigenvalue weighted by Crippen LogP contribution is 2.30. The van der Waals surface area contributed by atoms with E-state index in [1.807, 2.05) is 30.3 Å². The first-order valence-electron chi connectivity index (χ1n) is 11.1. The third kappa shape index (κ3) is 6.67. The van der Waals surface area contributed by atoms with Crippen LogP contribution in [0.3, 0.4) is 0 Å². The predicted molar refractivity (Wildman–Crippen MR) is 135 cm³/mol. The average molecular weight is 515 g/mol. The van der Waals surface area contributed by atoms with Crippen LogP contribution in [-0.4, -0.2) is 48.8 Å². The zero-order valence-corrected chi connectivity index (χ0v) is 21.4. The Bertz CT molecular complexity index is 1280. The summed E-state index contributed by atoms with van der Waals surface area (Å²) in [6.07, 6.45) is 0.158. The molecule has 3 aromatic rings. The molecule has 2 N–H and O–H groups in total. The summed E-state index contributed by atoms with van der Waals surface area (Å²) in [4.78, 5) is 13.1. The lowest BCUT2D eigenvalue weighted by atomic mass is 10.1. The minimum atomic E-state index is -4.07. The predicted octanol–water partition coefficient (Wildman–Crippen LogP) is 2.93. The second kappa shape index (κ2) is 12.3. The van der Waals surface area contributed by atoms with Crippen LogP contribution in [-0.2, 0) is 27.8 Å². The third-order valence-corrected chi connectivity index (χ3v) is 6.95. The van der Waals surface area contributed by atoms with Crippen LogP contribution in [0.2, 0.25) is 0 Å². The molecule has 0 heterocycles. The van der Waals surface area contributed by atoms with Crippen LogP contribution in [0.4, 0.5) is 0 Å². The maximum atomic E-state index is 13.2. The Balaban J connectivity index is 1.83. The molecule has 3 aromatic carbocycles. The number of methoxy groups -OCH3 is 4. The molecule has 9 nitrogen and oxygen atoms in total. The lowest BCUT2D eigenvalue weighted by molar-refractivity contribution is -0.122. The topological polar surface area (TPSA) is 112 Å². The summed E-state index contributed by atoms with van der Waals surface area (Å²) >= 11 is 0. The van der Waals surface area contributed by atoms with E-state index in [2.05, 4.69) is 10.0 Å². The maximum absolute atomic E-state index is 13.2. The molecular weight excluding hydrogens is 484 g/mol. The van der Waals surface area contributed by atoms with E-state index >= 15 is 0 Å². The van der Waals surface area contributed by atoms with Crippen LogP contribution < -0.4 is 29.0 Å². The molecule has 10 heteroatoms. The van der Waals surface area contributed by atoms with Crippen LogP contribution >= 0.6 is 0 Å². The van der Waals surface area contributed by atoms with Gasteiger partial charge in [-0.3, -0.25) is 4.79 Å². The summed E-state index contributed by atoms with van der Waals surface area (Å²) in [5.41, 5.74) is 1.57. The summed E-state index contributed by atoms with van der Waals surface area (Å²) < 4.78 is 49.9. The van der Waals surface area contributed by atoms with Crippen LogP contribution in [0, 0.1) is 0 Å². The third-order valence-electron chi connectivity index (χ3n) is 5.48. The van der Waals surface area contributed by atoms with Gasteiger partial charge in [0.2, 0.25) is 15.9 Å². The average Bonchev–Trinajstić information content (AvgIpc) is 2.91. The van der Waals surface area contributed by atoms with Crippen LogP contribution in [0.25, 0.3) is 0 Å². The Morgan fingerprint density at radius 3 is 1.94 bits per heavy atom. The van der Waals surface area contributed by atoms with Crippen molar-refractivity contribution in [2.75, 3.05) is 28.4 Å². The van der Waals surface area contributed by atoms with E-state index in [1.54, 1.807) is 18.2 Å². The van der Waals surface area contributed by atoms with Gasteiger partial charge in [0.05, 0.1) is 33.3 Å². The number of benzene rings is 3. The molecule has 0 aliphatic heterocycles. The number of ether oxygens (including phenoxy) is 4. The van der Waals surface area contributed by atoms with Gasteiger partial charge in [-0.15, -0.1) is 0 Å². The Labute approximate surface area is 211 Å². The summed E-state index contributed by atoms with van der Waals surface area (Å²) in [5.74, 6) is 1.27. The Kier molecular flexibility index (Phi) is 9.15. The molecule has 36 heavy (non-hydrogen) atoms. The minimum absolute atomic E-state index is 0.0501. The molecule has 0 unspecified atom stereocenters. The van der Waals surface area contributed by atoms with Gasteiger partial charge in [-0.2, -0.15) is 4.72 Å². The number of sulfonamides is 1. The summed E-state index contributed by atoms with van der Waals surface area (Å²) in [7, 11) is 1.88. The van der Waals surface area contributed by atoms with Crippen molar-refractivity contribution in [3.05, 3.63) is 77.9 Å². The molecule has 0 saturated heterocycles. The fraction of sp³-hybridized carbons (Fsp3) is 0.269. The van der Waals surface area contributed by atoms with E-state index < -0.39 is 22.0 Å². The zero-order chi connectivity index (χ0) is 26.1. The second-order valence-corrected chi connectivity index (χ2v) is 9.50. The second-order valence-electron chi connectivity index (χ2n) is 7.79. The standard InChI is InChI=1S/C26H30N2O7S/c1-32-22-12-10-19(15-24(22)34-3)17-27-26(29)21(14-18-8-6-5-7-9-18)28-36(30,31)20-11-13-23(33-2)25(16-20)35-4/h5-13,15-16,21,28H,14,17H2,1-4H3,(H,27,29)/t21-/m0/s1.